The van der Waals surface area contributed by atoms with E-state index in [0.29, 0.717) is 16.8 Å². The summed E-state index contributed by atoms with van der Waals surface area (Å²) in [4.78, 5) is 37.3. The molecule has 1 aromatic rings. The van der Waals surface area contributed by atoms with Crippen molar-refractivity contribution >= 4 is 17.7 Å². The molecule has 1 aliphatic heterocycles. The summed E-state index contributed by atoms with van der Waals surface area (Å²) in [5.74, 6) is -0.441. The molecule has 8 nitrogen and oxygen atoms in total. The SMILES string of the molecule is CC1=C(C(=O)OC2CCCCCCC2)[C@H](c2ccc([N+](=O)[O-])cc2)NC(=O)N1C. The van der Waals surface area contributed by atoms with Crippen LogP contribution < -0.4 is 5.32 Å². The maximum absolute atomic E-state index is 13.1. The van der Waals surface area contributed by atoms with Crippen LogP contribution in [-0.4, -0.2) is 35.0 Å². The Morgan fingerprint density at radius 2 is 1.72 bits per heavy atom. The highest BCUT2D eigenvalue weighted by atomic mass is 16.6. The Hall–Kier alpha value is -2.90. The molecule has 1 fully saturated rings. The molecule has 2 amide bonds. The van der Waals surface area contributed by atoms with Crippen molar-refractivity contribution in [3.8, 4) is 0 Å². The van der Waals surface area contributed by atoms with Gasteiger partial charge in [-0.05, 0) is 50.3 Å². The number of non-ortho nitro benzene ring substituents is 1. The fraction of sp³-hybridized carbons (Fsp3) is 0.524. The zero-order valence-electron chi connectivity index (χ0n) is 16.8. The van der Waals surface area contributed by atoms with E-state index < -0.39 is 16.9 Å². The van der Waals surface area contributed by atoms with Crippen LogP contribution in [0.1, 0.15) is 63.5 Å². The highest BCUT2D eigenvalue weighted by Crippen LogP contribution is 2.32. The van der Waals surface area contributed by atoms with E-state index in [2.05, 4.69) is 5.32 Å². The topological polar surface area (TPSA) is 102 Å². The van der Waals surface area contributed by atoms with Gasteiger partial charge in [0.15, 0.2) is 0 Å². The van der Waals surface area contributed by atoms with Crippen molar-refractivity contribution in [3.05, 3.63) is 51.2 Å². The number of allylic oxidation sites excluding steroid dienone is 1. The molecule has 8 heteroatoms. The normalized spacial score (nSPS) is 21.2. The van der Waals surface area contributed by atoms with Crippen molar-refractivity contribution < 1.29 is 19.2 Å². The number of carbonyl (C=O) groups is 2. The predicted octanol–water partition coefficient (Wildman–Crippen LogP) is 4.22. The minimum absolute atomic E-state index is 0.0487. The van der Waals surface area contributed by atoms with Crippen LogP contribution in [0.3, 0.4) is 0 Å². The molecule has 0 unspecified atom stereocenters. The maximum atomic E-state index is 13.1. The molecule has 1 atom stereocenters. The van der Waals surface area contributed by atoms with Crippen molar-refractivity contribution in [2.24, 2.45) is 0 Å². The molecule has 1 heterocycles. The van der Waals surface area contributed by atoms with Crippen LogP contribution in [0.4, 0.5) is 10.5 Å². The van der Waals surface area contributed by atoms with Gasteiger partial charge >= 0.3 is 12.0 Å². The number of ether oxygens (including phenoxy) is 1. The third-order valence-electron chi connectivity index (χ3n) is 5.74. The number of carbonyl (C=O) groups excluding carboxylic acids is 2. The maximum Gasteiger partial charge on any atom is 0.338 e. The highest BCUT2D eigenvalue weighted by molar-refractivity contribution is 5.95. The van der Waals surface area contributed by atoms with Crippen LogP contribution >= 0.6 is 0 Å². The second-order valence-corrected chi connectivity index (χ2v) is 7.66. The predicted molar refractivity (Wildman–Crippen MR) is 107 cm³/mol. The third-order valence-corrected chi connectivity index (χ3v) is 5.74. The summed E-state index contributed by atoms with van der Waals surface area (Å²) in [6.07, 6.45) is 7.19. The van der Waals surface area contributed by atoms with E-state index in [9.17, 15) is 19.7 Å². The van der Waals surface area contributed by atoms with Crippen LogP contribution in [0, 0.1) is 10.1 Å². The molecule has 3 rings (SSSR count). The molecule has 1 saturated carbocycles. The minimum atomic E-state index is -0.708. The van der Waals surface area contributed by atoms with Gasteiger partial charge in [0.2, 0.25) is 0 Å². The number of hydrogen-bond acceptors (Lipinski definition) is 5. The quantitative estimate of drug-likeness (QED) is 0.462. The lowest BCUT2D eigenvalue weighted by Crippen LogP contribution is -2.46. The Kier molecular flexibility index (Phi) is 6.51. The Morgan fingerprint density at radius 3 is 2.31 bits per heavy atom. The van der Waals surface area contributed by atoms with E-state index in [0.717, 1.165) is 38.5 Å². The van der Waals surface area contributed by atoms with Gasteiger partial charge in [0.05, 0.1) is 16.5 Å². The molecule has 0 spiro atoms. The number of nitro groups is 1. The molecule has 1 aliphatic carbocycles. The van der Waals surface area contributed by atoms with Gasteiger partial charge in [-0.1, -0.05) is 19.3 Å². The summed E-state index contributed by atoms with van der Waals surface area (Å²) in [6, 6.07) is 4.81. The standard InChI is InChI=1S/C21H27N3O5/c1-14-18(20(25)29-17-8-6-4-3-5-7-9-17)19(22-21(26)23(14)2)15-10-12-16(13-11-15)24(27)28/h10-13,17,19H,3-9H2,1-2H3,(H,22,26)/t19-/m0/s1. The van der Waals surface area contributed by atoms with Gasteiger partial charge in [-0.25, -0.2) is 9.59 Å². The van der Waals surface area contributed by atoms with Gasteiger partial charge in [-0.3, -0.25) is 10.1 Å². The van der Waals surface area contributed by atoms with E-state index >= 15 is 0 Å². The molecule has 0 radical (unpaired) electrons. The molecule has 0 aromatic heterocycles. The minimum Gasteiger partial charge on any atom is -0.459 e. The number of rotatable bonds is 4. The van der Waals surface area contributed by atoms with Crippen LogP contribution in [0.2, 0.25) is 0 Å². The first-order chi connectivity index (χ1) is 13.9. The zero-order valence-corrected chi connectivity index (χ0v) is 16.8. The first-order valence-corrected chi connectivity index (χ1v) is 10.1. The Bertz CT molecular complexity index is 810. The fourth-order valence-corrected chi connectivity index (χ4v) is 3.89. The van der Waals surface area contributed by atoms with E-state index in [4.69, 9.17) is 4.74 Å². The monoisotopic (exact) mass is 401 g/mol. The molecule has 0 bridgehead atoms. The van der Waals surface area contributed by atoms with Gasteiger partial charge in [0.25, 0.3) is 5.69 Å². The fourth-order valence-electron chi connectivity index (χ4n) is 3.89. The Balaban J connectivity index is 1.87. The summed E-state index contributed by atoms with van der Waals surface area (Å²) < 4.78 is 5.85. The van der Waals surface area contributed by atoms with Gasteiger partial charge < -0.3 is 15.0 Å². The van der Waals surface area contributed by atoms with E-state index in [1.54, 1.807) is 26.1 Å². The molecule has 1 N–H and O–H groups in total. The summed E-state index contributed by atoms with van der Waals surface area (Å²) >= 11 is 0. The molecule has 156 valence electrons. The summed E-state index contributed by atoms with van der Waals surface area (Å²) in [6.45, 7) is 1.71. The van der Waals surface area contributed by atoms with Crippen LogP contribution in [-0.2, 0) is 9.53 Å². The second-order valence-electron chi connectivity index (χ2n) is 7.66. The summed E-state index contributed by atoms with van der Waals surface area (Å²) in [7, 11) is 1.60. The Morgan fingerprint density at radius 1 is 1.14 bits per heavy atom. The van der Waals surface area contributed by atoms with Crippen molar-refractivity contribution in [3.63, 3.8) is 0 Å². The highest BCUT2D eigenvalue weighted by Gasteiger charge is 2.36. The number of hydrogen-bond donors (Lipinski definition) is 1. The van der Waals surface area contributed by atoms with E-state index in [1.807, 2.05) is 0 Å². The van der Waals surface area contributed by atoms with Crippen molar-refractivity contribution in [2.45, 2.75) is 64.0 Å². The number of nitrogens with one attached hydrogen (secondary N) is 1. The molecule has 29 heavy (non-hydrogen) atoms. The van der Waals surface area contributed by atoms with Crippen molar-refractivity contribution in [1.29, 1.82) is 0 Å². The average molecular weight is 401 g/mol. The van der Waals surface area contributed by atoms with Crippen molar-refractivity contribution in [1.82, 2.24) is 10.2 Å². The molecule has 0 saturated heterocycles. The lowest BCUT2D eigenvalue weighted by atomic mass is 9.94. The molecule has 2 aliphatic rings. The second kappa shape index (κ2) is 9.07. The van der Waals surface area contributed by atoms with Crippen molar-refractivity contribution in [2.75, 3.05) is 7.05 Å². The molecule has 1 aromatic carbocycles. The number of nitrogens with zero attached hydrogens (tertiary/aromatic N) is 2. The number of benzene rings is 1. The molecular formula is C21H27N3O5. The van der Waals surface area contributed by atoms with Gasteiger partial charge in [-0.2, -0.15) is 0 Å². The zero-order chi connectivity index (χ0) is 21.0. The molecular weight excluding hydrogens is 374 g/mol. The van der Waals surface area contributed by atoms with Gasteiger partial charge in [0, 0.05) is 24.9 Å². The number of esters is 1. The number of nitro benzene ring substituents is 1. The summed E-state index contributed by atoms with van der Waals surface area (Å²) in [5, 5.41) is 13.7. The first kappa shape index (κ1) is 20.8. The first-order valence-electron chi connectivity index (χ1n) is 10.1. The smallest absolute Gasteiger partial charge is 0.338 e. The lowest BCUT2D eigenvalue weighted by molar-refractivity contribution is -0.384. The summed E-state index contributed by atoms with van der Waals surface area (Å²) in [5.41, 5.74) is 1.43. The van der Waals surface area contributed by atoms with E-state index in [-0.39, 0.29) is 17.8 Å². The van der Waals surface area contributed by atoms with E-state index in [1.165, 1.54) is 23.5 Å². The van der Waals surface area contributed by atoms with Gasteiger partial charge in [0.1, 0.15) is 6.10 Å². The Labute approximate surface area is 170 Å². The van der Waals surface area contributed by atoms with Gasteiger partial charge in [-0.15, -0.1) is 0 Å². The largest absolute Gasteiger partial charge is 0.459 e. The lowest BCUT2D eigenvalue weighted by Gasteiger charge is -2.34. The van der Waals surface area contributed by atoms with Crippen LogP contribution in [0.5, 0.6) is 0 Å². The average Bonchev–Trinajstić information content (AvgIpc) is 2.67. The van der Waals surface area contributed by atoms with Crippen LogP contribution in [0.15, 0.2) is 35.5 Å². The third kappa shape index (κ3) is 4.75. The number of urea groups is 1. The number of amides is 2. The van der Waals surface area contributed by atoms with Crippen LogP contribution in [0.25, 0.3) is 0 Å².